The number of phenols is 1. The van der Waals surface area contributed by atoms with Crippen LogP contribution in [0.1, 0.15) is 148 Å². The van der Waals surface area contributed by atoms with Crippen LogP contribution in [0.4, 0.5) is 4.39 Å². The number of rotatable bonds is 23. The number of benzene rings is 4. The minimum Gasteiger partial charge on any atom is -0.508 e. The van der Waals surface area contributed by atoms with Crippen molar-refractivity contribution < 1.29 is 96.1 Å². The molecule has 0 bridgehead atoms. The maximum absolute atomic E-state index is 15.7. The molecule has 3 saturated heterocycles. The van der Waals surface area contributed by atoms with Gasteiger partial charge in [0.05, 0.1) is 18.7 Å². The molecule has 36 nitrogen and oxygen atoms in total. The molecule has 3 aliphatic heterocycles. The third kappa shape index (κ3) is 28.5. The molecule has 3 fully saturated rings. The number of H-pyrrole nitrogens is 1. The van der Waals surface area contributed by atoms with E-state index in [0.29, 0.717) is 58.8 Å². The van der Waals surface area contributed by atoms with E-state index in [-0.39, 0.29) is 82.5 Å². The number of aromatic amines is 1. The molecule has 0 aliphatic carbocycles. The molecule has 4 heterocycles. The Hall–Kier alpha value is -12.5. The molecule has 5 aromatic rings. The lowest BCUT2D eigenvalue weighted by molar-refractivity contribution is -0.152. The summed E-state index contributed by atoms with van der Waals surface area (Å²) in [6.07, 6.45) is 0.415. The summed E-state index contributed by atoms with van der Waals surface area (Å²) in [7, 11) is 3.97. The molecule has 38 heteroatoms. The van der Waals surface area contributed by atoms with E-state index >= 15 is 43.2 Å². The number of primary amides is 2. The van der Waals surface area contributed by atoms with Crippen molar-refractivity contribution in [3.05, 3.63) is 137 Å². The minimum atomic E-state index is -1.90. The van der Waals surface area contributed by atoms with Gasteiger partial charge < -0.3 is 99.0 Å². The van der Waals surface area contributed by atoms with Crippen LogP contribution in [0.25, 0.3) is 10.9 Å². The van der Waals surface area contributed by atoms with Crippen LogP contribution in [0, 0.1) is 23.6 Å². The molecule has 0 radical (unpaired) electrons. The Balaban J connectivity index is 1.22. The van der Waals surface area contributed by atoms with E-state index < -0.39 is 234 Å². The number of aromatic hydroxyl groups is 1. The first-order valence-corrected chi connectivity index (χ1v) is 44.5. The lowest BCUT2D eigenvalue weighted by Gasteiger charge is -2.39. The Morgan fingerprint density at radius 2 is 1.07 bits per heavy atom. The summed E-state index contributed by atoms with van der Waals surface area (Å²) < 4.78 is 14.6. The first-order chi connectivity index (χ1) is 60.7. The number of halogens is 1. The number of para-hydroxylation sites is 1. The smallest absolute Gasteiger partial charge is 0.305 e. The number of piperidine rings is 1. The molecular formula is C90H122FN17O19S. The number of aliphatic carboxylic acids is 1. The van der Waals surface area contributed by atoms with E-state index in [9.17, 15) is 53.0 Å². The Kier molecular flexibility index (Phi) is 37.7. The van der Waals surface area contributed by atoms with Gasteiger partial charge in [0.15, 0.2) is 0 Å². The zero-order valence-corrected chi connectivity index (χ0v) is 74.8. The fourth-order valence-electron chi connectivity index (χ4n) is 16.2. The maximum Gasteiger partial charge on any atom is 0.305 e. The highest BCUT2D eigenvalue weighted by Gasteiger charge is 2.46. The summed E-state index contributed by atoms with van der Waals surface area (Å²) in [5, 5.41) is 45.3. The van der Waals surface area contributed by atoms with Crippen LogP contribution in [0.3, 0.4) is 0 Å². The van der Waals surface area contributed by atoms with Crippen LogP contribution in [0.15, 0.2) is 109 Å². The number of fused-ring (bicyclic) bond motifs is 3. The van der Waals surface area contributed by atoms with E-state index in [2.05, 4.69) is 52.8 Å². The summed E-state index contributed by atoms with van der Waals surface area (Å²) >= 11 is 0.788. The Bertz CT molecular complexity index is 4790. The summed E-state index contributed by atoms with van der Waals surface area (Å²) in [6.45, 7) is 10.8. The largest absolute Gasteiger partial charge is 0.508 e. The van der Waals surface area contributed by atoms with E-state index in [1.165, 1.54) is 72.2 Å². The molecule has 4 aromatic carbocycles. The molecule has 1 aromatic heterocycles. The van der Waals surface area contributed by atoms with Crippen LogP contribution < -0.4 is 59.3 Å². The minimum absolute atomic E-state index is 0.00388. The Morgan fingerprint density at radius 3 is 1.69 bits per heavy atom. The second kappa shape index (κ2) is 47.9. The number of aromatic nitrogens is 1. The van der Waals surface area contributed by atoms with Crippen LogP contribution in [0.2, 0.25) is 0 Å². The van der Waals surface area contributed by atoms with Gasteiger partial charge >= 0.3 is 5.97 Å². The number of thioether (sulfide) groups is 1. The number of carboxylic acid groups (broad SMARTS) is 1. The molecule has 16 amide bonds. The number of nitrogens with one attached hydrogen (secondary N) is 10. The van der Waals surface area contributed by atoms with Gasteiger partial charge in [0.25, 0.3) is 0 Å². The highest BCUT2D eigenvalue weighted by molar-refractivity contribution is 8.00. The highest BCUT2D eigenvalue weighted by atomic mass is 32.2. The molecule has 0 spiro atoms. The van der Waals surface area contributed by atoms with Gasteiger partial charge in [0.1, 0.15) is 90.1 Å². The predicted octanol–water partition coefficient (Wildman–Crippen LogP) is 1.65. The van der Waals surface area contributed by atoms with E-state index in [0.717, 1.165) is 33.7 Å². The molecule has 16 N–H and O–H groups in total. The predicted molar refractivity (Wildman–Crippen MR) is 472 cm³/mol. The highest BCUT2D eigenvalue weighted by Crippen LogP contribution is 2.28. The first-order valence-electron chi connectivity index (χ1n) is 43.3. The molecule has 3 aliphatic rings. The van der Waals surface area contributed by atoms with Crippen LogP contribution in [-0.2, 0) is 107 Å². The number of phenolic OH excluding ortho intramolecular Hbond substituents is 1. The van der Waals surface area contributed by atoms with Crippen molar-refractivity contribution in [1.82, 2.24) is 77.3 Å². The van der Waals surface area contributed by atoms with Gasteiger partial charge in [-0.2, -0.15) is 0 Å². The lowest BCUT2D eigenvalue weighted by Crippen LogP contribution is -2.63. The third-order valence-electron chi connectivity index (χ3n) is 23.1. The van der Waals surface area contributed by atoms with Gasteiger partial charge in [0, 0.05) is 89.2 Å². The van der Waals surface area contributed by atoms with Gasteiger partial charge in [-0.15, -0.1) is 11.8 Å². The van der Waals surface area contributed by atoms with Gasteiger partial charge in [-0.05, 0) is 122 Å². The molecule has 0 saturated carbocycles. The van der Waals surface area contributed by atoms with Gasteiger partial charge in [-0.1, -0.05) is 134 Å². The Morgan fingerprint density at radius 1 is 0.523 bits per heavy atom. The summed E-state index contributed by atoms with van der Waals surface area (Å²) in [6, 6.07) is 6.51. The molecular weight excluding hydrogens is 1670 g/mol. The number of hydrogen-bond donors (Lipinski definition) is 14. The second-order valence-electron chi connectivity index (χ2n) is 34.0. The van der Waals surface area contributed by atoms with Gasteiger partial charge in [-0.25, -0.2) is 4.39 Å². The van der Waals surface area contributed by atoms with Crippen LogP contribution >= 0.6 is 11.8 Å². The third-order valence-corrected chi connectivity index (χ3v) is 24.1. The number of carbonyl (C=O) groups is 17. The zero-order valence-electron chi connectivity index (χ0n) is 74.0. The molecule has 0 unspecified atom stereocenters. The van der Waals surface area contributed by atoms with Gasteiger partial charge in [0.2, 0.25) is 94.5 Å². The maximum atomic E-state index is 15.7. The average molecular weight is 1800 g/mol. The lowest BCUT2D eigenvalue weighted by atomic mass is 9.96. The van der Waals surface area contributed by atoms with Crippen molar-refractivity contribution in [2.45, 2.75) is 230 Å². The van der Waals surface area contributed by atoms with Crippen molar-refractivity contribution in [3.63, 3.8) is 0 Å². The zero-order chi connectivity index (χ0) is 93.9. The average Bonchev–Trinajstić information content (AvgIpc) is 1.27. The number of amides is 16. The van der Waals surface area contributed by atoms with Crippen LogP contribution in [-0.4, -0.2) is 271 Å². The van der Waals surface area contributed by atoms with E-state index in [1.807, 2.05) is 6.92 Å². The second-order valence-corrected chi connectivity index (χ2v) is 35.1. The normalized spacial score (nSPS) is 24.2. The van der Waals surface area contributed by atoms with Crippen LogP contribution in [0.5, 0.6) is 5.75 Å². The van der Waals surface area contributed by atoms with Crippen molar-refractivity contribution in [2.24, 2.45) is 29.2 Å². The summed E-state index contributed by atoms with van der Waals surface area (Å²) in [4.78, 5) is 258. The van der Waals surface area contributed by atoms with Gasteiger partial charge in [-0.3, -0.25) is 81.5 Å². The van der Waals surface area contributed by atoms with Crippen molar-refractivity contribution in [3.8, 4) is 5.75 Å². The van der Waals surface area contributed by atoms with Crippen molar-refractivity contribution in [2.75, 3.05) is 52.3 Å². The monoisotopic (exact) mass is 1800 g/mol. The summed E-state index contributed by atoms with van der Waals surface area (Å²) in [5.74, 6) is -19.7. The van der Waals surface area contributed by atoms with E-state index in [1.54, 1.807) is 102 Å². The first kappa shape index (κ1) is 101. The number of carbonyl (C=O) groups excluding carboxylic acids is 16. The fraction of sp³-hybridized carbons (Fsp3) is 0.522. The van der Waals surface area contributed by atoms with Crippen molar-refractivity contribution in [1.29, 1.82) is 0 Å². The fourth-order valence-corrected chi connectivity index (χ4v) is 17.1. The topological polar surface area (TPSA) is 523 Å². The number of nitrogens with two attached hydrogens (primary N) is 2. The number of nitrogens with zero attached hydrogens (tertiary/aromatic N) is 5. The van der Waals surface area contributed by atoms with E-state index in [4.69, 9.17) is 11.5 Å². The molecule has 8 rings (SSSR count). The Labute approximate surface area is 747 Å². The standard InChI is InChI=1S/C90H122FN17O19S/c1-11-12-25-70-89(126)108-39-20-27-69(108)84(121)101-65(45-75(113)114)82(119)103-76(51(4)5)90(127)106(10)77(52(6)7)85(122)97-61(36-37-72(92)110)87(124)107-38-19-18-26-68(107)83(120)100-64(44-56-46-94-60-24-17-16-23-59(56)60)81(118)99-63(41-55-30-34-58(109)35-31-55)80(117)98-62(40-50(2)3)79(116)102-67(78(115)95-47-73(93)111)48-128-49-74(112)96-66(42-54-28-32-57(91)33-29-54)86(123)105(9)71(88(125)104(70)8)43-53-21-14-13-15-22-53/h13-17,21-24,28-35,46,50-52,61-71,76-77,94,109H,11-12,18-20,25-27,36-45,47-49H2,1-10H3,(H2,92,110)(H2,93,111)(H,95,115)(H,96,112)(H,97,122)(H,98,117)(H,99,118)(H,100,120)(H,101,121)(H,102,116)(H,103,119)(H,113,114)/t61-,62-,63-,64-,65-,66-,67-,68+,69+,70-,71-,76-,77-/m0/s1. The summed E-state index contributed by atoms with van der Waals surface area (Å²) in [5.41, 5.74) is 13.6. The molecule has 694 valence electrons. The number of hydrogen-bond acceptors (Lipinski definition) is 19. The number of unbranched alkanes of at least 4 members (excludes halogenated alkanes) is 1. The number of likely N-dealkylation sites (N-methyl/N-ethyl adjacent to an activating group) is 3. The molecule has 128 heavy (non-hydrogen) atoms. The van der Waals surface area contributed by atoms with Crippen molar-refractivity contribution >= 4 is 123 Å². The molecule has 13 atom stereocenters. The SMILES string of the molecule is CCCC[C@H]1C(=O)N2CCC[C@@H]2C(=O)N[C@@H](CC(=O)O)C(=O)N[C@@H](C(C)C)C(=O)N(C)[C@@H](C(C)C)C(=O)N[C@@H](CCC(N)=O)C(=O)N2CCCC[C@@H]2C(=O)N[C@@H](Cc2c[nH]c3ccccc23)C(=O)N[C@@H](Cc2ccc(O)cc2)C(=O)N[C@@H](CC(C)C)C(=O)N[C@H](C(=O)NCC(N)=O)CSCC(=O)N[C@@H](Cc2ccc(F)cc2)C(=O)N(C)[C@@H](Cc2ccccc2)C(=O)N1C. The quantitative estimate of drug-likeness (QED) is 0.0442. The number of carboxylic acids is 1.